The van der Waals surface area contributed by atoms with Crippen LogP contribution in [0.5, 0.6) is 0 Å². The minimum atomic E-state index is -3.94. The Bertz CT molecular complexity index is 555. The molecular formula is C13H18FNO4S. The second kappa shape index (κ2) is 6.62. The number of rotatable bonds is 5. The molecule has 1 atom stereocenters. The topological polar surface area (TPSA) is 75.6 Å². The number of benzene rings is 1. The van der Waals surface area contributed by atoms with E-state index in [-0.39, 0.29) is 19.3 Å². The van der Waals surface area contributed by atoms with E-state index in [0.717, 1.165) is 31.4 Å². The molecule has 1 fully saturated rings. The van der Waals surface area contributed by atoms with Crippen molar-refractivity contribution in [3.05, 3.63) is 29.6 Å². The van der Waals surface area contributed by atoms with E-state index in [9.17, 15) is 12.8 Å². The van der Waals surface area contributed by atoms with Gasteiger partial charge in [0.1, 0.15) is 10.7 Å². The van der Waals surface area contributed by atoms with Crippen molar-refractivity contribution in [2.24, 2.45) is 0 Å². The lowest BCUT2D eigenvalue weighted by molar-refractivity contribution is 0.0200. The summed E-state index contributed by atoms with van der Waals surface area (Å²) in [6, 6.07) is 3.52. The Labute approximate surface area is 117 Å². The molecule has 5 nitrogen and oxygen atoms in total. The molecule has 1 aromatic rings. The SMILES string of the molecule is O=S(=O)(NCC1CCCCO1)c1cc(CO)ccc1F. The van der Waals surface area contributed by atoms with Gasteiger partial charge in [0.05, 0.1) is 12.7 Å². The number of hydrogen-bond acceptors (Lipinski definition) is 4. The van der Waals surface area contributed by atoms with Crippen molar-refractivity contribution in [3.63, 3.8) is 0 Å². The highest BCUT2D eigenvalue weighted by Gasteiger charge is 2.22. The van der Waals surface area contributed by atoms with E-state index in [1.807, 2.05) is 0 Å². The molecule has 0 aromatic heterocycles. The molecule has 1 heterocycles. The number of sulfonamides is 1. The van der Waals surface area contributed by atoms with Gasteiger partial charge in [0, 0.05) is 13.2 Å². The molecule has 0 aliphatic carbocycles. The largest absolute Gasteiger partial charge is 0.392 e. The van der Waals surface area contributed by atoms with E-state index in [0.29, 0.717) is 12.2 Å². The third-order valence-corrected chi connectivity index (χ3v) is 4.68. The van der Waals surface area contributed by atoms with Crippen LogP contribution in [-0.2, 0) is 21.4 Å². The first-order chi connectivity index (χ1) is 9.53. The molecule has 0 radical (unpaired) electrons. The Morgan fingerprint density at radius 2 is 2.20 bits per heavy atom. The summed E-state index contributed by atoms with van der Waals surface area (Å²) in [7, 11) is -3.94. The summed E-state index contributed by atoms with van der Waals surface area (Å²) in [5.41, 5.74) is 0.348. The summed E-state index contributed by atoms with van der Waals surface area (Å²) in [4.78, 5) is -0.445. The van der Waals surface area contributed by atoms with Gasteiger partial charge < -0.3 is 9.84 Å². The zero-order valence-corrected chi connectivity index (χ0v) is 11.8. The van der Waals surface area contributed by atoms with Crippen LogP contribution in [0.25, 0.3) is 0 Å². The first-order valence-corrected chi connectivity index (χ1v) is 8.02. The summed E-state index contributed by atoms with van der Waals surface area (Å²) >= 11 is 0. The van der Waals surface area contributed by atoms with Crippen molar-refractivity contribution in [2.75, 3.05) is 13.2 Å². The summed E-state index contributed by atoms with van der Waals surface area (Å²) in [6.45, 7) is 0.417. The Hall–Kier alpha value is -1.02. The van der Waals surface area contributed by atoms with Gasteiger partial charge in [-0.25, -0.2) is 17.5 Å². The Balaban J connectivity index is 2.09. The van der Waals surface area contributed by atoms with Gasteiger partial charge in [0.25, 0.3) is 0 Å². The molecule has 2 rings (SSSR count). The van der Waals surface area contributed by atoms with E-state index in [2.05, 4.69) is 4.72 Å². The summed E-state index contributed by atoms with van der Waals surface area (Å²) in [6.07, 6.45) is 2.61. The van der Waals surface area contributed by atoms with Crippen LogP contribution in [0, 0.1) is 5.82 Å². The summed E-state index contributed by atoms with van der Waals surface area (Å²) < 4.78 is 45.6. The predicted octanol–water partition coefficient (Wildman–Crippen LogP) is 1.17. The van der Waals surface area contributed by atoms with Gasteiger partial charge in [0.15, 0.2) is 0 Å². The zero-order chi connectivity index (χ0) is 14.6. The van der Waals surface area contributed by atoms with Crippen LogP contribution < -0.4 is 4.72 Å². The van der Waals surface area contributed by atoms with Crippen molar-refractivity contribution >= 4 is 10.0 Å². The van der Waals surface area contributed by atoms with Crippen molar-refractivity contribution in [1.29, 1.82) is 0 Å². The Kier molecular flexibility index (Phi) is 5.09. The van der Waals surface area contributed by atoms with E-state index in [4.69, 9.17) is 9.84 Å². The highest BCUT2D eigenvalue weighted by Crippen LogP contribution is 2.17. The fourth-order valence-electron chi connectivity index (χ4n) is 2.10. The molecule has 1 saturated heterocycles. The number of aliphatic hydroxyl groups is 1. The van der Waals surface area contributed by atoms with Crippen LogP contribution in [0.2, 0.25) is 0 Å². The van der Waals surface area contributed by atoms with E-state index in [1.165, 1.54) is 6.07 Å². The van der Waals surface area contributed by atoms with E-state index in [1.54, 1.807) is 0 Å². The molecule has 112 valence electrons. The fraction of sp³-hybridized carbons (Fsp3) is 0.538. The van der Waals surface area contributed by atoms with Gasteiger partial charge in [-0.3, -0.25) is 0 Å². The van der Waals surface area contributed by atoms with E-state index >= 15 is 0 Å². The normalized spacial score (nSPS) is 20.0. The van der Waals surface area contributed by atoms with Crippen LogP contribution in [0.3, 0.4) is 0 Å². The molecule has 20 heavy (non-hydrogen) atoms. The zero-order valence-electron chi connectivity index (χ0n) is 11.0. The van der Waals surface area contributed by atoms with Gasteiger partial charge in [-0.05, 0) is 37.0 Å². The maximum Gasteiger partial charge on any atom is 0.243 e. The number of aliphatic hydroxyl groups excluding tert-OH is 1. The molecule has 0 amide bonds. The molecule has 0 saturated carbocycles. The van der Waals surface area contributed by atoms with Gasteiger partial charge in [-0.1, -0.05) is 6.07 Å². The van der Waals surface area contributed by atoms with Gasteiger partial charge in [0.2, 0.25) is 10.0 Å². The average molecular weight is 303 g/mol. The fourth-order valence-corrected chi connectivity index (χ4v) is 3.29. The first-order valence-electron chi connectivity index (χ1n) is 6.53. The number of ether oxygens (including phenoxy) is 1. The van der Waals surface area contributed by atoms with Crippen molar-refractivity contribution in [1.82, 2.24) is 4.72 Å². The summed E-state index contributed by atoms with van der Waals surface area (Å²) in [5.74, 6) is -0.834. The Morgan fingerprint density at radius 3 is 2.85 bits per heavy atom. The molecule has 0 bridgehead atoms. The third-order valence-electron chi connectivity index (χ3n) is 3.24. The van der Waals surface area contributed by atoms with Gasteiger partial charge in [-0.2, -0.15) is 0 Å². The lowest BCUT2D eigenvalue weighted by Gasteiger charge is -2.22. The van der Waals surface area contributed by atoms with Crippen molar-refractivity contribution < 1.29 is 22.7 Å². The van der Waals surface area contributed by atoms with Crippen LogP contribution in [0.1, 0.15) is 24.8 Å². The first kappa shape index (κ1) is 15.4. The van der Waals surface area contributed by atoms with Crippen LogP contribution in [-0.4, -0.2) is 32.8 Å². The smallest absolute Gasteiger partial charge is 0.243 e. The molecular weight excluding hydrogens is 285 g/mol. The minimum absolute atomic E-state index is 0.130. The van der Waals surface area contributed by atoms with Crippen LogP contribution >= 0.6 is 0 Å². The van der Waals surface area contributed by atoms with E-state index < -0.39 is 20.7 Å². The maximum absolute atomic E-state index is 13.6. The third kappa shape index (κ3) is 3.76. The lowest BCUT2D eigenvalue weighted by Crippen LogP contribution is -2.35. The summed E-state index contributed by atoms with van der Waals surface area (Å²) in [5, 5.41) is 8.99. The standard InChI is InChI=1S/C13H18FNO4S/c14-12-5-4-10(9-16)7-13(12)20(17,18)15-8-11-3-1-2-6-19-11/h4-5,7,11,15-16H,1-3,6,8-9H2. The number of halogens is 1. The number of nitrogens with one attached hydrogen (secondary N) is 1. The predicted molar refractivity (Wildman–Crippen MR) is 71.1 cm³/mol. The lowest BCUT2D eigenvalue weighted by atomic mass is 10.1. The Morgan fingerprint density at radius 1 is 1.40 bits per heavy atom. The quantitative estimate of drug-likeness (QED) is 0.856. The van der Waals surface area contributed by atoms with Gasteiger partial charge in [-0.15, -0.1) is 0 Å². The van der Waals surface area contributed by atoms with Crippen molar-refractivity contribution in [3.8, 4) is 0 Å². The molecule has 1 aliphatic rings. The molecule has 2 N–H and O–H groups in total. The maximum atomic E-state index is 13.6. The van der Waals surface area contributed by atoms with Crippen LogP contribution in [0.15, 0.2) is 23.1 Å². The second-order valence-electron chi connectivity index (χ2n) is 4.76. The molecule has 7 heteroatoms. The highest BCUT2D eigenvalue weighted by molar-refractivity contribution is 7.89. The molecule has 1 unspecified atom stereocenters. The minimum Gasteiger partial charge on any atom is -0.392 e. The van der Waals surface area contributed by atoms with Gasteiger partial charge >= 0.3 is 0 Å². The second-order valence-corrected chi connectivity index (χ2v) is 6.50. The molecule has 1 aliphatic heterocycles. The van der Waals surface area contributed by atoms with Crippen LogP contribution in [0.4, 0.5) is 4.39 Å². The monoisotopic (exact) mass is 303 g/mol. The number of hydrogen-bond donors (Lipinski definition) is 2. The van der Waals surface area contributed by atoms with Crippen molar-refractivity contribution in [2.45, 2.75) is 36.9 Å². The highest BCUT2D eigenvalue weighted by atomic mass is 32.2. The molecule has 0 spiro atoms. The average Bonchev–Trinajstić information content (AvgIpc) is 2.47. The molecule has 1 aromatic carbocycles.